The Labute approximate surface area is 398 Å². The van der Waals surface area contributed by atoms with Crippen LogP contribution < -0.4 is 20.1 Å². The van der Waals surface area contributed by atoms with E-state index in [0.717, 1.165) is 25.7 Å². The molecule has 8 aromatic rings. The average Bonchev–Trinajstić information content (AvgIpc) is 3.72. The highest BCUT2D eigenvalue weighted by molar-refractivity contribution is 6.31. The Morgan fingerprint density at radius 1 is 0.706 bits per heavy atom. The van der Waals surface area contributed by atoms with Gasteiger partial charge in [-0.3, -0.25) is 19.9 Å². The van der Waals surface area contributed by atoms with Crippen molar-refractivity contribution in [1.29, 1.82) is 0 Å². The molecule has 6 unspecified atom stereocenters. The minimum atomic E-state index is -0.408. The van der Waals surface area contributed by atoms with E-state index in [4.69, 9.17) is 42.6 Å². The van der Waals surface area contributed by atoms with Crippen molar-refractivity contribution in [3.8, 4) is 22.8 Å². The molecule has 17 heteroatoms. The number of aromatic nitrogens is 7. The van der Waals surface area contributed by atoms with Gasteiger partial charge in [-0.15, -0.1) is 5.10 Å². The lowest BCUT2D eigenvalue weighted by molar-refractivity contribution is -0.121. The fourth-order valence-corrected chi connectivity index (χ4v) is 12.3. The van der Waals surface area contributed by atoms with Crippen molar-refractivity contribution >= 4 is 79.9 Å². The van der Waals surface area contributed by atoms with Crippen LogP contribution in [-0.2, 0) is 9.59 Å². The third kappa shape index (κ3) is 7.73. The molecule has 4 aliphatic rings. The summed E-state index contributed by atoms with van der Waals surface area (Å²) in [7, 11) is 0. The van der Waals surface area contributed by atoms with Gasteiger partial charge in [-0.1, -0.05) is 37.0 Å². The van der Waals surface area contributed by atoms with Gasteiger partial charge in [0.1, 0.15) is 28.8 Å². The van der Waals surface area contributed by atoms with E-state index >= 15 is 0 Å². The van der Waals surface area contributed by atoms with Crippen LogP contribution in [0.2, 0.25) is 10.0 Å². The van der Waals surface area contributed by atoms with Crippen molar-refractivity contribution in [1.82, 2.24) is 34.0 Å². The monoisotopic (exact) mass is 955 g/mol. The summed E-state index contributed by atoms with van der Waals surface area (Å²) in [5.74, 6) is 2.18. The first-order chi connectivity index (χ1) is 33.0. The topological polar surface area (TPSA) is 150 Å². The normalized spacial score (nSPS) is 24.5. The molecule has 4 saturated carbocycles. The molecule has 0 radical (unpaired) electrons. The van der Waals surface area contributed by atoms with Crippen LogP contribution in [0.15, 0.2) is 91.5 Å². The molecule has 6 aromatic heterocycles. The highest BCUT2D eigenvalue weighted by atomic mass is 35.5. The molecule has 0 saturated heterocycles. The predicted molar refractivity (Wildman–Crippen MR) is 254 cm³/mol. The van der Waals surface area contributed by atoms with Gasteiger partial charge in [0.25, 0.3) is 0 Å². The maximum atomic E-state index is 14.8. The second-order valence-corrected chi connectivity index (χ2v) is 19.8. The number of nitrogens with one attached hydrogen (secondary N) is 2. The smallest absolute Gasteiger partial charge is 0.249 e. The van der Waals surface area contributed by atoms with Crippen LogP contribution >= 0.6 is 23.2 Å². The average molecular weight is 957 g/mol. The first-order valence-electron chi connectivity index (χ1n) is 23.3. The lowest BCUT2D eigenvalue weighted by Gasteiger charge is -2.21. The van der Waals surface area contributed by atoms with Gasteiger partial charge in [-0.2, -0.15) is 4.98 Å². The van der Waals surface area contributed by atoms with Crippen LogP contribution in [0.4, 0.5) is 20.5 Å². The van der Waals surface area contributed by atoms with Crippen molar-refractivity contribution in [2.24, 2.45) is 47.3 Å². The van der Waals surface area contributed by atoms with Crippen molar-refractivity contribution in [2.75, 3.05) is 10.6 Å². The molecular formula is C51H45Cl2F2N9O4. The number of amides is 2. The van der Waals surface area contributed by atoms with Gasteiger partial charge >= 0.3 is 0 Å². The summed E-state index contributed by atoms with van der Waals surface area (Å²) in [6.07, 6.45) is 11.1. The van der Waals surface area contributed by atoms with Crippen molar-refractivity contribution in [3.05, 3.63) is 113 Å². The largest absolute Gasteiger partial charge is 0.490 e. The number of carbonyl (C=O) groups is 2. The Kier molecular flexibility index (Phi) is 10.5. The number of pyridine rings is 4. The minimum Gasteiger partial charge on any atom is -0.490 e. The van der Waals surface area contributed by atoms with Crippen LogP contribution in [0.25, 0.3) is 44.4 Å². The Bertz CT molecular complexity index is 3320. The molecule has 10 atom stereocenters. The standard InChI is InChI=1S/C51H45Cl2F2N9O4/c1-3-30(46-32-16-28(17-33(32)46)67-42-11-12-56-39-8-6-26(54)14-36(39)42)49(65)59-44-23-63-21-25(53)13-38(48(63)58-44)41-20-43(37-15-27(55)7-9-40(37)57-41)68-29-18-34-35(19-29)47(34)31(4-2)50(66)61-51-60-45-10-5-24(52)22-64(45)62-51/h5-15,20-23,28-35,46-47H,3-4,16-19H2,1-2H3,(H,59,65)(H,61,62,66)/t28?,29?,30?,31?,32-,33+,34-,35+,46?,47?. The summed E-state index contributed by atoms with van der Waals surface area (Å²) in [6.45, 7) is 4.06. The van der Waals surface area contributed by atoms with Gasteiger partial charge in [0.05, 0.1) is 45.2 Å². The number of rotatable bonds is 13. The first-order valence-corrected chi connectivity index (χ1v) is 24.0. The maximum absolute atomic E-state index is 14.8. The molecule has 13 nitrogen and oxygen atoms in total. The fourth-order valence-electron chi connectivity index (χ4n) is 11.9. The molecule has 4 aliphatic carbocycles. The number of fused-ring (bicyclic) bond motifs is 6. The van der Waals surface area contributed by atoms with Crippen LogP contribution in [0, 0.1) is 59.0 Å². The Morgan fingerprint density at radius 2 is 1.34 bits per heavy atom. The third-order valence-corrected chi connectivity index (χ3v) is 15.4. The Morgan fingerprint density at radius 3 is 2.01 bits per heavy atom. The predicted octanol–water partition coefficient (Wildman–Crippen LogP) is 10.9. The van der Waals surface area contributed by atoms with Crippen LogP contribution in [0.5, 0.6) is 11.5 Å². The van der Waals surface area contributed by atoms with Gasteiger partial charge in [-0.25, -0.2) is 23.3 Å². The van der Waals surface area contributed by atoms with Crippen LogP contribution in [0.1, 0.15) is 52.4 Å². The Hall–Kier alpha value is -6.45. The van der Waals surface area contributed by atoms with E-state index in [-0.39, 0.29) is 59.5 Å². The van der Waals surface area contributed by atoms with Gasteiger partial charge < -0.3 is 19.2 Å². The van der Waals surface area contributed by atoms with Gasteiger partial charge in [0.2, 0.25) is 17.8 Å². The molecular weight excluding hydrogens is 912 g/mol. The van der Waals surface area contributed by atoms with Gasteiger partial charge in [-0.05, 0) is 135 Å². The SMILES string of the molecule is CCC(C(=O)Nc1cn2cc(Cl)cc(-c3cc(OC4C[C@@H]5C(C(CC)C(=O)Nc6nc7ccc(Cl)cn7n6)[C@@H]5C4)c4cc(F)ccc4n3)c2n1)C1[C@H]2CC(Oc3ccnc4ccc(F)cc34)C[C@@H]12. The zero-order chi connectivity index (χ0) is 46.5. The van der Waals surface area contributed by atoms with E-state index in [1.54, 1.807) is 70.1 Å². The van der Waals surface area contributed by atoms with E-state index in [1.807, 2.05) is 19.9 Å². The summed E-state index contributed by atoms with van der Waals surface area (Å²) in [5, 5.41) is 12.5. The molecule has 346 valence electrons. The van der Waals surface area contributed by atoms with Gasteiger partial charge in [0, 0.05) is 52.8 Å². The lowest BCUT2D eigenvalue weighted by Crippen LogP contribution is -2.27. The number of anilines is 2. The van der Waals surface area contributed by atoms with E-state index in [0.29, 0.717) is 108 Å². The quantitative estimate of drug-likeness (QED) is 0.115. The zero-order valence-electron chi connectivity index (χ0n) is 37.0. The first kappa shape index (κ1) is 42.9. The number of imidazole rings is 1. The number of hydrogen-bond acceptors (Lipinski definition) is 9. The number of ether oxygens (including phenoxy) is 2. The molecule has 2 N–H and O–H groups in total. The van der Waals surface area contributed by atoms with E-state index in [1.165, 1.54) is 24.3 Å². The van der Waals surface area contributed by atoms with Crippen LogP contribution in [0.3, 0.4) is 0 Å². The van der Waals surface area contributed by atoms with E-state index < -0.39 is 5.82 Å². The molecule has 0 aliphatic heterocycles. The summed E-state index contributed by atoms with van der Waals surface area (Å²) in [4.78, 5) is 46.1. The zero-order valence-corrected chi connectivity index (χ0v) is 38.5. The molecule has 6 heterocycles. The van der Waals surface area contributed by atoms with Crippen molar-refractivity contribution in [2.45, 2.75) is 64.6 Å². The third-order valence-electron chi connectivity index (χ3n) is 15.0. The molecule has 12 rings (SSSR count). The van der Waals surface area contributed by atoms with Gasteiger partial charge in [0.15, 0.2) is 11.5 Å². The van der Waals surface area contributed by atoms with Crippen molar-refractivity contribution in [3.63, 3.8) is 0 Å². The minimum absolute atomic E-state index is 0.0174. The second-order valence-electron chi connectivity index (χ2n) is 18.9. The molecule has 0 bridgehead atoms. The number of halogens is 4. The number of nitrogens with zero attached hydrogens (tertiary/aromatic N) is 7. The van der Waals surface area contributed by atoms with E-state index in [9.17, 15) is 18.4 Å². The molecule has 2 aromatic carbocycles. The number of hydrogen-bond donors (Lipinski definition) is 2. The highest BCUT2D eigenvalue weighted by Crippen LogP contribution is 2.63. The fraction of sp³-hybridized carbons (Fsp3) is 0.353. The molecule has 68 heavy (non-hydrogen) atoms. The maximum Gasteiger partial charge on any atom is 0.249 e. The van der Waals surface area contributed by atoms with Crippen molar-refractivity contribution < 1.29 is 27.8 Å². The summed E-state index contributed by atoms with van der Waals surface area (Å²) in [6, 6.07) is 17.8. The highest BCUT2D eigenvalue weighted by Gasteiger charge is 2.61. The summed E-state index contributed by atoms with van der Waals surface area (Å²) >= 11 is 12.8. The number of benzene rings is 2. The summed E-state index contributed by atoms with van der Waals surface area (Å²) < 4.78 is 45.4. The molecule has 4 fully saturated rings. The molecule has 2 amide bonds. The van der Waals surface area contributed by atoms with Crippen LogP contribution in [-0.4, -0.2) is 58.0 Å². The second kappa shape index (κ2) is 16.7. The molecule has 0 spiro atoms. The summed E-state index contributed by atoms with van der Waals surface area (Å²) in [5.41, 5.74) is 3.48. The Balaban J connectivity index is 0.731. The lowest BCUT2D eigenvalue weighted by atomic mass is 9.93. The van der Waals surface area contributed by atoms with E-state index in [2.05, 4.69) is 25.7 Å². The number of carbonyl (C=O) groups excluding carboxylic acids is 2.